The van der Waals surface area contributed by atoms with Crippen LogP contribution in [0.25, 0.3) is 43.1 Å². The van der Waals surface area contributed by atoms with Gasteiger partial charge >= 0.3 is 0 Å². The Morgan fingerprint density at radius 3 is 1.12 bits per heavy atom. The number of nitrogens with one attached hydrogen (secondary N) is 2. The van der Waals surface area contributed by atoms with Crippen LogP contribution in [0.2, 0.25) is 10.0 Å². The molecule has 0 aliphatic heterocycles. The average molecular weight is 718 g/mol. The Balaban J connectivity index is 1.98. The Labute approximate surface area is 286 Å². The van der Waals surface area contributed by atoms with Crippen LogP contribution in [0.1, 0.15) is 13.8 Å². The number of halogens is 2. The fourth-order valence-electron chi connectivity index (χ4n) is 5.76. The maximum atomic E-state index is 14.2. The maximum Gasteiger partial charge on any atom is 0.212 e. The molecule has 0 aliphatic rings. The number of rotatable bonds is 8. The fraction of sp³-hybridized carbons (Fsp3) is 0.0556. The smallest absolute Gasteiger partial charge is 0.212 e. The van der Waals surface area contributed by atoms with E-state index in [2.05, 4.69) is 9.97 Å². The number of hydrogen-bond acceptors (Lipinski definition) is 6. The molecule has 2 aromatic heterocycles. The highest BCUT2D eigenvalue weighted by Gasteiger charge is 2.33. The molecule has 48 heavy (non-hydrogen) atoms. The zero-order valence-corrected chi connectivity index (χ0v) is 28.6. The van der Waals surface area contributed by atoms with Gasteiger partial charge in [-0.15, -0.1) is 0 Å². The van der Waals surface area contributed by atoms with Crippen LogP contribution in [0, 0.1) is 0 Å². The van der Waals surface area contributed by atoms with Crippen LogP contribution in [0.3, 0.4) is 0 Å². The molecule has 6 rings (SSSR count). The average Bonchev–Trinajstić information content (AvgIpc) is 3.61. The molecule has 0 spiro atoms. The number of hydrogen-bond donors (Lipinski definition) is 2. The summed E-state index contributed by atoms with van der Waals surface area (Å²) in [7, 11) is -8.94. The van der Waals surface area contributed by atoms with E-state index in [0.29, 0.717) is 11.1 Å². The molecule has 0 bridgehead atoms. The fourth-order valence-corrected chi connectivity index (χ4v) is 9.32. The molecule has 12 heteroatoms. The standard InChI is InChI=1S/C36H26Cl2N2O6S2/c1-21(41)35(47(43,44)23-13-5-3-6-14-23)33-29-30(32(39-33)26-18-10-12-20-28(26)38)34(40-31(29)25-17-9-11-19-27(25)37)36(22(2)42)48(45,46)24-15-7-4-8-16-24/h3-20,39-40H,1-2H3/b35-33-,36-34-. The van der Waals surface area contributed by atoms with Crippen molar-refractivity contribution >= 4 is 75.0 Å². The molecule has 0 fully saturated rings. The molecule has 8 nitrogen and oxygen atoms in total. The van der Waals surface area contributed by atoms with Crippen LogP contribution in [-0.4, -0.2) is 38.4 Å². The number of benzene rings is 4. The topological polar surface area (TPSA) is 134 Å². The third-order valence-electron chi connectivity index (χ3n) is 7.77. The molecule has 2 heterocycles. The van der Waals surface area contributed by atoms with Gasteiger partial charge in [-0.25, -0.2) is 16.8 Å². The maximum absolute atomic E-state index is 14.2. The summed E-state index contributed by atoms with van der Waals surface area (Å²) in [6.45, 7) is 2.26. The minimum Gasteiger partial charge on any atom is -0.353 e. The van der Waals surface area contributed by atoms with Crippen molar-refractivity contribution in [1.29, 1.82) is 0 Å². The van der Waals surface area contributed by atoms with E-state index in [4.69, 9.17) is 23.2 Å². The Morgan fingerprint density at radius 1 is 0.500 bits per heavy atom. The summed E-state index contributed by atoms with van der Waals surface area (Å²) in [5, 5.41) is 0.468. The first-order valence-electron chi connectivity index (χ1n) is 14.5. The van der Waals surface area contributed by atoms with Gasteiger partial charge in [-0.2, -0.15) is 0 Å². The van der Waals surface area contributed by atoms with Gasteiger partial charge in [0.05, 0.1) is 31.9 Å². The highest BCUT2D eigenvalue weighted by Crippen LogP contribution is 2.37. The van der Waals surface area contributed by atoms with Crippen LogP contribution in [0.15, 0.2) is 119 Å². The van der Waals surface area contributed by atoms with Gasteiger partial charge in [0.2, 0.25) is 19.7 Å². The minimum absolute atomic E-state index is 0.125. The minimum atomic E-state index is -4.47. The van der Waals surface area contributed by atoms with E-state index in [9.17, 15) is 26.4 Å². The van der Waals surface area contributed by atoms with Crippen molar-refractivity contribution in [3.63, 3.8) is 0 Å². The molecule has 0 saturated carbocycles. The summed E-state index contributed by atoms with van der Waals surface area (Å²) in [6.07, 6.45) is 0. The van der Waals surface area contributed by atoms with E-state index in [1.54, 1.807) is 60.7 Å². The van der Waals surface area contributed by atoms with Gasteiger partial charge in [0, 0.05) is 31.9 Å². The number of sulfone groups is 2. The van der Waals surface area contributed by atoms with Crippen molar-refractivity contribution < 1.29 is 26.4 Å². The Bertz CT molecular complexity index is 2430. The first-order chi connectivity index (χ1) is 22.9. The summed E-state index contributed by atoms with van der Waals surface area (Å²) in [4.78, 5) is 31.8. The molecule has 0 radical (unpaired) electrons. The highest BCUT2D eigenvalue weighted by molar-refractivity contribution is 8.02. The molecule has 0 atom stereocenters. The summed E-state index contributed by atoms with van der Waals surface area (Å²) < 4.78 is 57.0. The van der Waals surface area contributed by atoms with Crippen molar-refractivity contribution in [1.82, 2.24) is 9.97 Å². The molecule has 0 saturated heterocycles. The van der Waals surface area contributed by atoms with E-state index in [1.165, 1.54) is 48.5 Å². The normalized spacial score (nSPS) is 13.3. The van der Waals surface area contributed by atoms with Gasteiger partial charge in [-0.1, -0.05) is 96.0 Å². The highest BCUT2D eigenvalue weighted by atomic mass is 35.5. The van der Waals surface area contributed by atoms with E-state index in [1.807, 2.05) is 0 Å². The Hall–Kier alpha value is -4.74. The van der Waals surface area contributed by atoms with Crippen LogP contribution in [-0.2, 0) is 29.3 Å². The molecular weight excluding hydrogens is 691 g/mol. The van der Waals surface area contributed by atoms with E-state index < -0.39 is 41.1 Å². The van der Waals surface area contributed by atoms with Crippen LogP contribution in [0.4, 0.5) is 0 Å². The van der Waals surface area contributed by atoms with Crippen molar-refractivity contribution in [3.05, 3.63) is 130 Å². The largest absolute Gasteiger partial charge is 0.353 e. The number of ketones is 2. The zero-order chi connectivity index (χ0) is 34.4. The number of carbonyl (C=O) groups is 2. The second-order valence-electron chi connectivity index (χ2n) is 10.9. The summed E-state index contributed by atoms with van der Waals surface area (Å²) in [6, 6.07) is 28.2. The molecule has 0 amide bonds. The molecule has 4 aromatic carbocycles. The van der Waals surface area contributed by atoms with Crippen molar-refractivity contribution in [3.8, 4) is 22.5 Å². The second-order valence-corrected chi connectivity index (χ2v) is 15.5. The van der Waals surface area contributed by atoms with Crippen LogP contribution >= 0.6 is 23.2 Å². The molecule has 0 unspecified atom stereocenters. The molecular formula is C36H26Cl2N2O6S2. The molecule has 242 valence electrons. The van der Waals surface area contributed by atoms with Crippen molar-refractivity contribution in [2.45, 2.75) is 23.6 Å². The monoisotopic (exact) mass is 716 g/mol. The number of Topliss-reactive ketones (excluding diaryl/α,β-unsaturated/α-hetero) is 2. The second kappa shape index (κ2) is 12.7. The summed E-state index contributed by atoms with van der Waals surface area (Å²) in [5.41, 5.74) is 1.08. The lowest BCUT2D eigenvalue weighted by Crippen LogP contribution is -2.22. The van der Waals surface area contributed by atoms with Crippen molar-refractivity contribution in [2.24, 2.45) is 0 Å². The van der Waals surface area contributed by atoms with E-state index in [-0.39, 0.29) is 52.7 Å². The first kappa shape index (κ1) is 33.2. The van der Waals surface area contributed by atoms with E-state index in [0.717, 1.165) is 13.8 Å². The molecule has 0 aliphatic carbocycles. The van der Waals surface area contributed by atoms with Crippen LogP contribution < -0.4 is 10.7 Å². The summed E-state index contributed by atoms with van der Waals surface area (Å²) in [5.74, 6) is -1.57. The van der Waals surface area contributed by atoms with Gasteiger partial charge in [0.15, 0.2) is 11.6 Å². The van der Waals surface area contributed by atoms with Gasteiger partial charge < -0.3 is 9.97 Å². The lowest BCUT2D eigenvalue weighted by atomic mass is 10.1. The van der Waals surface area contributed by atoms with Crippen LogP contribution in [0.5, 0.6) is 0 Å². The van der Waals surface area contributed by atoms with Gasteiger partial charge in [-0.3, -0.25) is 9.59 Å². The first-order valence-corrected chi connectivity index (χ1v) is 18.2. The number of aromatic amines is 2. The van der Waals surface area contributed by atoms with Gasteiger partial charge in [-0.05, 0) is 50.2 Å². The SMILES string of the molecule is CC(=O)/C(=c1/[nH]c(-c2ccccc2Cl)c2/c(=C(\C(C)=O)S(=O)(=O)c3ccccc3)[nH]c(-c3ccccc3Cl)c12)S(=O)(=O)c1ccccc1. The van der Waals surface area contributed by atoms with Crippen molar-refractivity contribution in [2.75, 3.05) is 0 Å². The third kappa shape index (κ3) is 5.60. The number of carbonyl (C=O) groups excluding carboxylic acids is 2. The molecule has 6 aromatic rings. The lowest BCUT2D eigenvalue weighted by molar-refractivity contribution is -0.112. The van der Waals surface area contributed by atoms with E-state index >= 15 is 0 Å². The van der Waals surface area contributed by atoms with Gasteiger partial charge in [0.25, 0.3) is 0 Å². The molecule has 2 N–H and O–H groups in total. The number of aromatic nitrogens is 2. The zero-order valence-electron chi connectivity index (χ0n) is 25.4. The Morgan fingerprint density at radius 2 is 0.812 bits per heavy atom. The predicted octanol–water partition coefficient (Wildman–Crippen LogP) is 6.48. The predicted molar refractivity (Wildman–Crippen MR) is 188 cm³/mol. The number of fused-ring (bicyclic) bond motifs is 1. The lowest BCUT2D eigenvalue weighted by Gasteiger charge is -2.08. The third-order valence-corrected chi connectivity index (χ3v) is 12.3. The quantitative estimate of drug-likeness (QED) is 0.185. The van der Waals surface area contributed by atoms with Gasteiger partial charge in [0.1, 0.15) is 9.81 Å². The number of H-pyrrole nitrogens is 2. The Kier molecular flexibility index (Phi) is 8.78. The summed E-state index contributed by atoms with van der Waals surface area (Å²) >= 11 is 13.4.